The van der Waals surface area contributed by atoms with Crippen molar-refractivity contribution in [2.75, 3.05) is 7.11 Å². The number of nitrogens with zero attached hydrogens (tertiary/aromatic N) is 1. The Kier molecular flexibility index (Phi) is 3.64. The van der Waals surface area contributed by atoms with Crippen molar-refractivity contribution in [3.05, 3.63) is 31.4 Å². The zero-order valence-corrected chi connectivity index (χ0v) is 9.65. The molecule has 0 saturated heterocycles. The first-order valence-corrected chi connectivity index (χ1v) is 4.89. The van der Waals surface area contributed by atoms with Gasteiger partial charge in [0.1, 0.15) is 0 Å². The molecule has 0 aliphatic rings. The van der Waals surface area contributed by atoms with Crippen molar-refractivity contribution in [1.29, 1.82) is 0 Å². The number of nitro benzene ring substituents is 1. The molecule has 0 amide bonds. The van der Waals surface area contributed by atoms with Gasteiger partial charge in [-0.05, 0) is 34.2 Å². The summed E-state index contributed by atoms with van der Waals surface area (Å²) in [5, 5.41) is 10.6. The summed E-state index contributed by atoms with van der Waals surface area (Å²) in [7, 11) is 1.40. The lowest BCUT2D eigenvalue weighted by molar-refractivity contribution is -0.385. The summed E-state index contributed by atoms with van der Waals surface area (Å²) in [4.78, 5) is 10.2. The first kappa shape index (κ1) is 11.2. The highest BCUT2D eigenvalue weighted by molar-refractivity contribution is 14.1. The highest BCUT2D eigenvalue weighted by Crippen LogP contribution is 2.30. The number of methoxy groups -OCH3 is 1. The molecule has 0 aliphatic carbocycles. The lowest BCUT2D eigenvalue weighted by Gasteiger charge is -2.05. The van der Waals surface area contributed by atoms with E-state index in [4.69, 9.17) is 10.5 Å². The normalized spacial score (nSPS) is 9.93. The van der Waals surface area contributed by atoms with Gasteiger partial charge in [0.15, 0.2) is 5.75 Å². The summed E-state index contributed by atoms with van der Waals surface area (Å²) >= 11 is 2.01. The van der Waals surface area contributed by atoms with Gasteiger partial charge >= 0.3 is 5.69 Å². The number of rotatable bonds is 3. The Hall–Kier alpha value is -0.890. The number of halogens is 1. The Morgan fingerprint density at radius 1 is 1.64 bits per heavy atom. The molecule has 0 aliphatic heterocycles. The van der Waals surface area contributed by atoms with Gasteiger partial charge in [-0.3, -0.25) is 10.1 Å². The van der Waals surface area contributed by atoms with E-state index < -0.39 is 4.92 Å². The molecule has 0 spiro atoms. The lowest BCUT2D eigenvalue weighted by Crippen LogP contribution is -2.02. The SMILES string of the molecule is COc1cc(CN)c(I)cc1[N+](=O)[O-]. The standard InChI is InChI=1S/C8H9IN2O3/c1-14-8-2-5(4-10)6(9)3-7(8)11(12)13/h2-3H,4,10H2,1H3. The van der Waals surface area contributed by atoms with Crippen molar-refractivity contribution in [3.8, 4) is 5.75 Å². The Bertz CT molecular complexity index is 368. The Labute approximate surface area is 94.5 Å². The second-order valence-corrected chi connectivity index (χ2v) is 3.74. The van der Waals surface area contributed by atoms with E-state index in [2.05, 4.69) is 0 Å². The van der Waals surface area contributed by atoms with Crippen LogP contribution in [0.4, 0.5) is 5.69 Å². The molecule has 0 bridgehead atoms. The van der Waals surface area contributed by atoms with Crippen LogP contribution in [-0.4, -0.2) is 12.0 Å². The molecule has 6 heteroatoms. The van der Waals surface area contributed by atoms with Crippen molar-refractivity contribution < 1.29 is 9.66 Å². The molecular formula is C8H9IN2O3. The first-order valence-electron chi connectivity index (χ1n) is 3.81. The Balaban J connectivity index is 3.31. The van der Waals surface area contributed by atoms with Crippen LogP contribution in [0.2, 0.25) is 0 Å². The van der Waals surface area contributed by atoms with Crippen LogP contribution in [-0.2, 0) is 6.54 Å². The van der Waals surface area contributed by atoms with E-state index in [0.29, 0.717) is 6.54 Å². The first-order chi connectivity index (χ1) is 6.60. The summed E-state index contributed by atoms with van der Waals surface area (Å²) in [5.74, 6) is 0.246. The van der Waals surface area contributed by atoms with Crippen LogP contribution in [0, 0.1) is 13.7 Å². The molecule has 0 radical (unpaired) electrons. The topological polar surface area (TPSA) is 78.4 Å². The predicted molar refractivity (Wildman–Crippen MR) is 60.3 cm³/mol. The highest BCUT2D eigenvalue weighted by atomic mass is 127. The van der Waals surface area contributed by atoms with Crippen molar-refractivity contribution in [1.82, 2.24) is 0 Å². The summed E-state index contributed by atoms with van der Waals surface area (Å²) < 4.78 is 5.68. The molecular weight excluding hydrogens is 299 g/mol. The lowest BCUT2D eigenvalue weighted by atomic mass is 10.2. The van der Waals surface area contributed by atoms with Crippen LogP contribution in [0.25, 0.3) is 0 Å². The molecule has 0 saturated carbocycles. The third kappa shape index (κ3) is 2.13. The van der Waals surface area contributed by atoms with Crippen LogP contribution in [0.15, 0.2) is 12.1 Å². The Morgan fingerprint density at radius 2 is 2.29 bits per heavy atom. The zero-order valence-electron chi connectivity index (χ0n) is 7.49. The molecule has 5 nitrogen and oxygen atoms in total. The van der Waals surface area contributed by atoms with E-state index in [1.165, 1.54) is 13.2 Å². The molecule has 0 aromatic heterocycles. The minimum absolute atomic E-state index is 0.0332. The van der Waals surface area contributed by atoms with Crippen molar-refractivity contribution in [2.24, 2.45) is 5.73 Å². The average molecular weight is 308 g/mol. The fourth-order valence-corrected chi connectivity index (χ4v) is 1.72. The van der Waals surface area contributed by atoms with Gasteiger partial charge in [0.05, 0.1) is 12.0 Å². The van der Waals surface area contributed by atoms with Gasteiger partial charge in [-0.1, -0.05) is 0 Å². The number of hydrogen-bond donors (Lipinski definition) is 1. The van der Waals surface area contributed by atoms with Crippen LogP contribution < -0.4 is 10.5 Å². The van der Waals surface area contributed by atoms with Gasteiger partial charge in [-0.25, -0.2) is 0 Å². The molecule has 0 heterocycles. The number of hydrogen-bond acceptors (Lipinski definition) is 4. The van der Waals surface area contributed by atoms with Crippen LogP contribution >= 0.6 is 22.6 Å². The highest BCUT2D eigenvalue weighted by Gasteiger charge is 2.17. The molecule has 76 valence electrons. The van der Waals surface area contributed by atoms with E-state index in [1.807, 2.05) is 22.6 Å². The fourth-order valence-electron chi connectivity index (χ4n) is 1.05. The molecule has 2 N–H and O–H groups in total. The number of nitro groups is 1. The Morgan fingerprint density at radius 3 is 2.71 bits per heavy atom. The molecule has 0 unspecified atom stereocenters. The van der Waals surface area contributed by atoms with E-state index >= 15 is 0 Å². The maximum atomic E-state index is 10.6. The summed E-state index contributed by atoms with van der Waals surface area (Å²) in [6.45, 7) is 0.340. The molecule has 0 fully saturated rings. The van der Waals surface area contributed by atoms with Crippen LogP contribution in [0.3, 0.4) is 0 Å². The second kappa shape index (κ2) is 4.56. The predicted octanol–water partition coefficient (Wildman–Crippen LogP) is 1.67. The third-order valence-corrected chi connectivity index (χ3v) is 2.77. The molecule has 0 atom stereocenters. The van der Waals surface area contributed by atoms with E-state index in [-0.39, 0.29) is 11.4 Å². The van der Waals surface area contributed by atoms with E-state index in [0.717, 1.165) is 9.13 Å². The average Bonchev–Trinajstić information content (AvgIpc) is 2.17. The zero-order chi connectivity index (χ0) is 10.7. The quantitative estimate of drug-likeness (QED) is 0.523. The van der Waals surface area contributed by atoms with E-state index in [1.54, 1.807) is 6.07 Å². The summed E-state index contributed by atoms with van der Waals surface area (Å²) in [5.41, 5.74) is 6.28. The van der Waals surface area contributed by atoms with Gasteiger partial charge in [0.25, 0.3) is 0 Å². The van der Waals surface area contributed by atoms with Gasteiger partial charge in [-0.2, -0.15) is 0 Å². The monoisotopic (exact) mass is 308 g/mol. The van der Waals surface area contributed by atoms with Crippen LogP contribution in [0.1, 0.15) is 5.56 Å². The van der Waals surface area contributed by atoms with Gasteiger partial charge < -0.3 is 10.5 Å². The minimum atomic E-state index is -0.471. The second-order valence-electron chi connectivity index (χ2n) is 2.58. The maximum Gasteiger partial charge on any atom is 0.311 e. The fraction of sp³-hybridized carbons (Fsp3) is 0.250. The molecule has 1 rings (SSSR count). The van der Waals surface area contributed by atoms with Crippen molar-refractivity contribution >= 4 is 28.3 Å². The molecule has 14 heavy (non-hydrogen) atoms. The number of ether oxygens (including phenoxy) is 1. The van der Waals surface area contributed by atoms with Gasteiger partial charge in [-0.15, -0.1) is 0 Å². The smallest absolute Gasteiger partial charge is 0.311 e. The summed E-state index contributed by atoms with van der Waals surface area (Å²) in [6, 6.07) is 3.06. The largest absolute Gasteiger partial charge is 0.490 e. The number of nitrogens with two attached hydrogens (primary N) is 1. The third-order valence-electron chi connectivity index (χ3n) is 1.76. The molecule has 1 aromatic rings. The van der Waals surface area contributed by atoms with Crippen LogP contribution in [0.5, 0.6) is 5.75 Å². The van der Waals surface area contributed by atoms with Gasteiger partial charge in [0, 0.05) is 16.2 Å². The minimum Gasteiger partial charge on any atom is -0.490 e. The maximum absolute atomic E-state index is 10.6. The summed E-state index contributed by atoms with van der Waals surface area (Å²) in [6.07, 6.45) is 0. The number of benzene rings is 1. The van der Waals surface area contributed by atoms with E-state index in [9.17, 15) is 10.1 Å². The molecule has 1 aromatic carbocycles. The van der Waals surface area contributed by atoms with Crippen molar-refractivity contribution in [3.63, 3.8) is 0 Å². The van der Waals surface area contributed by atoms with Crippen molar-refractivity contribution in [2.45, 2.75) is 6.54 Å². The van der Waals surface area contributed by atoms with Gasteiger partial charge in [0.2, 0.25) is 0 Å².